The molecule has 0 aliphatic carbocycles. The Labute approximate surface area is 116 Å². The van der Waals surface area contributed by atoms with E-state index in [2.05, 4.69) is 15.2 Å². The second kappa shape index (κ2) is 7.04. The van der Waals surface area contributed by atoms with Crippen molar-refractivity contribution in [2.24, 2.45) is 0 Å². The van der Waals surface area contributed by atoms with Crippen molar-refractivity contribution >= 4 is 11.8 Å². The number of aromatic amines is 1. The molecule has 1 aromatic carbocycles. The highest BCUT2D eigenvalue weighted by molar-refractivity contribution is 7.99. The number of thioether (sulfide) groups is 1. The molecule has 0 radical (unpaired) electrons. The second-order valence-electron chi connectivity index (χ2n) is 3.79. The number of aromatic nitrogens is 3. The SMILES string of the molecule is CCc1nc(SCCOc2ccc(OC)cc2)n[nH]1. The number of rotatable bonds is 7. The minimum Gasteiger partial charge on any atom is -0.497 e. The van der Waals surface area contributed by atoms with Crippen molar-refractivity contribution in [2.75, 3.05) is 19.5 Å². The average molecular weight is 279 g/mol. The van der Waals surface area contributed by atoms with Gasteiger partial charge in [-0.3, -0.25) is 5.10 Å². The smallest absolute Gasteiger partial charge is 0.208 e. The van der Waals surface area contributed by atoms with Gasteiger partial charge in [-0.25, -0.2) is 4.98 Å². The summed E-state index contributed by atoms with van der Waals surface area (Å²) in [7, 11) is 1.65. The van der Waals surface area contributed by atoms with E-state index in [4.69, 9.17) is 9.47 Å². The number of aryl methyl sites for hydroxylation is 1. The van der Waals surface area contributed by atoms with Crippen LogP contribution in [0, 0.1) is 0 Å². The third kappa shape index (κ3) is 4.17. The van der Waals surface area contributed by atoms with Crippen LogP contribution in [-0.4, -0.2) is 34.7 Å². The van der Waals surface area contributed by atoms with Crippen LogP contribution in [0.25, 0.3) is 0 Å². The van der Waals surface area contributed by atoms with Crippen LogP contribution in [0.5, 0.6) is 11.5 Å². The van der Waals surface area contributed by atoms with Crippen molar-refractivity contribution in [1.29, 1.82) is 0 Å². The van der Waals surface area contributed by atoms with E-state index in [1.165, 1.54) is 0 Å². The molecule has 2 aromatic rings. The Morgan fingerprint density at radius 3 is 2.58 bits per heavy atom. The van der Waals surface area contributed by atoms with Crippen LogP contribution in [0.4, 0.5) is 0 Å². The number of hydrogen-bond donors (Lipinski definition) is 1. The number of nitrogens with zero attached hydrogens (tertiary/aromatic N) is 2. The van der Waals surface area contributed by atoms with E-state index >= 15 is 0 Å². The Kier molecular flexibility index (Phi) is 5.09. The molecule has 0 atom stereocenters. The third-order valence-corrected chi connectivity index (χ3v) is 3.30. The summed E-state index contributed by atoms with van der Waals surface area (Å²) in [4.78, 5) is 4.32. The quantitative estimate of drug-likeness (QED) is 0.623. The van der Waals surface area contributed by atoms with Gasteiger partial charge in [-0.15, -0.1) is 5.10 Å². The Balaban J connectivity index is 1.71. The van der Waals surface area contributed by atoms with Crippen LogP contribution in [0.2, 0.25) is 0 Å². The molecule has 6 heteroatoms. The lowest BCUT2D eigenvalue weighted by Crippen LogP contribution is -2.00. The monoisotopic (exact) mass is 279 g/mol. The molecule has 2 rings (SSSR count). The Hall–Kier alpha value is -1.69. The minimum atomic E-state index is 0.618. The van der Waals surface area contributed by atoms with Crippen molar-refractivity contribution in [2.45, 2.75) is 18.5 Å². The van der Waals surface area contributed by atoms with Gasteiger partial charge >= 0.3 is 0 Å². The highest BCUT2D eigenvalue weighted by Gasteiger charge is 2.02. The molecule has 0 bridgehead atoms. The normalized spacial score (nSPS) is 10.4. The summed E-state index contributed by atoms with van der Waals surface area (Å²) in [6.45, 7) is 2.66. The van der Waals surface area contributed by atoms with Crippen LogP contribution in [0.1, 0.15) is 12.7 Å². The zero-order valence-electron chi connectivity index (χ0n) is 11.0. The van der Waals surface area contributed by atoms with Crippen LogP contribution in [0.15, 0.2) is 29.4 Å². The zero-order valence-corrected chi connectivity index (χ0v) is 11.9. The van der Waals surface area contributed by atoms with Crippen molar-refractivity contribution in [1.82, 2.24) is 15.2 Å². The van der Waals surface area contributed by atoms with Crippen LogP contribution >= 0.6 is 11.8 Å². The predicted octanol–water partition coefficient (Wildman–Crippen LogP) is 2.55. The lowest BCUT2D eigenvalue weighted by Gasteiger charge is -2.05. The molecule has 19 heavy (non-hydrogen) atoms. The molecule has 5 nitrogen and oxygen atoms in total. The molecule has 0 amide bonds. The van der Waals surface area contributed by atoms with E-state index in [-0.39, 0.29) is 0 Å². The van der Waals surface area contributed by atoms with Crippen molar-refractivity contribution in [3.05, 3.63) is 30.1 Å². The zero-order chi connectivity index (χ0) is 13.5. The number of methoxy groups -OCH3 is 1. The minimum absolute atomic E-state index is 0.618. The van der Waals surface area contributed by atoms with E-state index < -0.39 is 0 Å². The molecule has 1 heterocycles. The summed E-state index contributed by atoms with van der Waals surface area (Å²) >= 11 is 1.58. The largest absolute Gasteiger partial charge is 0.497 e. The summed E-state index contributed by atoms with van der Waals surface area (Å²) in [6, 6.07) is 7.55. The van der Waals surface area contributed by atoms with Crippen LogP contribution in [0.3, 0.4) is 0 Å². The van der Waals surface area contributed by atoms with Crippen molar-refractivity contribution in [3.8, 4) is 11.5 Å². The molecule has 1 aromatic heterocycles. The molecular weight excluding hydrogens is 262 g/mol. The fourth-order valence-corrected chi connectivity index (χ4v) is 2.10. The number of hydrogen-bond acceptors (Lipinski definition) is 5. The first-order chi connectivity index (χ1) is 9.31. The number of H-pyrrole nitrogens is 1. The molecule has 0 aliphatic rings. The summed E-state index contributed by atoms with van der Waals surface area (Å²) in [5.74, 6) is 3.39. The molecule has 0 saturated heterocycles. The topological polar surface area (TPSA) is 60.0 Å². The highest BCUT2D eigenvalue weighted by Crippen LogP contribution is 2.18. The fourth-order valence-electron chi connectivity index (χ4n) is 1.46. The van der Waals surface area contributed by atoms with Crippen LogP contribution < -0.4 is 9.47 Å². The standard InChI is InChI=1S/C13H17N3O2S/c1-3-12-14-13(16-15-12)19-9-8-18-11-6-4-10(17-2)5-7-11/h4-7H,3,8-9H2,1-2H3,(H,14,15,16). The lowest BCUT2D eigenvalue weighted by molar-refractivity contribution is 0.342. The fraction of sp³-hybridized carbons (Fsp3) is 0.385. The first kappa shape index (κ1) is 13.7. The van der Waals surface area contributed by atoms with E-state index in [0.717, 1.165) is 34.7 Å². The summed E-state index contributed by atoms with van der Waals surface area (Å²) in [5.41, 5.74) is 0. The second-order valence-corrected chi connectivity index (χ2v) is 4.85. The van der Waals surface area contributed by atoms with Gasteiger partial charge in [0.1, 0.15) is 17.3 Å². The number of nitrogens with one attached hydrogen (secondary N) is 1. The highest BCUT2D eigenvalue weighted by atomic mass is 32.2. The summed E-state index contributed by atoms with van der Waals surface area (Å²) in [6.07, 6.45) is 0.871. The maximum absolute atomic E-state index is 5.62. The van der Waals surface area contributed by atoms with E-state index in [1.807, 2.05) is 31.2 Å². The maximum atomic E-state index is 5.62. The van der Waals surface area contributed by atoms with E-state index in [9.17, 15) is 0 Å². The van der Waals surface area contributed by atoms with Gasteiger partial charge in [0.25, 0.3) is 0 Å². The Morgan fingerprint density at radius 1 is 1.21 bits per heavy atom. The van der Waals surface area contributed by atoms with Gasteiger partial charge in [-0.05, 0) is 24.3 Å². The predicted molar refractivity (Wildman–Crippen MR) is 75.0 cm³/mol. The molecule has 0 spiro atoms. The van der Waals surface area contributed by atoms with Gasteiger partial charge in [0.05, 0.1) is 13.7 Å². The lowest BCUT2D eigenvalue weighted by atomic mass is 10.3. The molecule has 1 N–H and O–H groups in total. The van der Waals surface area contributed by atoms with Gasteiger partial charge < -0.3 is 9.47 Å². The van der Waals surface area contributed by atoms with Gasteiger partial charge in [-0.1, -0.05) is 18.7 Å². The average Bonchev–Trinajstić information content (AvgIpc) is 2.92. The van der Waals surface area contributed by atoms with Crippen LogP contribution in [-0.2, 0) is 6.42 Å². The number of ether oxygens (including phenoxy) is 2. The molecule has 102 valence electrons. The Morgan fingerprint density at radius 2 is 1.95 bits per heavy atom. The number of benzene rings is 1. The summed E-state index contributed by atoms with van der Waals surface area (Å²) in [5, 5.41) is 7.77. The summed E-state index contributed by atoms with van der Waals surface area (Å²) < 4.78 is 10.7. The van der Waals surface area contributed by atoms with Crippen molar-refractivity contribution < 1.29 is 9.47 Å². The van der Waals surface area contributed by atoms with E-state index in [1.54, 1.807) is 18.9 Å². The van der Waals surface area contributed by atoms with Gasteiger partial charge in [0.15, 0.2) is 0 Å². The Bertz CT molecular complexity index is 499. The van der Waals surface area contributed by atoms with Crippen molar-refractivity contribution in [3.63, 3.8) is 0 Å². The maximum Gasteiger partial charge on any atom is 0.208 e. The van der Waals surface area contributed by atoms with Gasteiger partial charge in [-0.2, -0.15) is 0 Å². The third-order valence-electron chi connectivity index (χ3n) is 2.49. The van der Waals surface area contributed by atoms with Gasteiger partial charge in [0, 0.05) is 12.2 Å². The molecule has 0 aliphatic heterocycles. The molecule has 0 saturated carbocycles. The molecular formula is C13H17N3O2S. The van der Waals surface area contributed by atoms with E-state index in [0.29, 0.717) is 6.61 Å². The molecule has 0 unspecified atom stereocenters. The molecule has 0 fully saturated rings. The first-order valence-corrected chi connectivity index (χ1v) is 7.11. The van der Waals surface area contributed by atoms with Gasteiger partial charge in [0.2, 0.25) is 5.16 Å². The first-order valence-electron chi connectivity index (χ1n) is 6.12.